The fraction of sp³-hybridized carbons (Fsp3) is 0.625. The van der Waals surface area contributed by atoms with Gasteiger partial charge in [-0.05, 0) is 13.3 Å². The zero-order valence-electron chi connectivity index (χ0n) is 8.82. The Balaban J connectivity index is 2.90. The van der Waals surface area contributed by atoms with Crippen LogP contribution in [-0.4, -0.2) is 31.2 Å². The molecule has 0 aliphatic heterocycles. The van der Waals surface area contributed by atoms with E-state index in [1.54, 1.807) is 6.92 Å². The summed E-state index contributed by atoms with van der Waals surface area (Å²) in [6, 6.07) is -0.232. The van der Waals surface area contributed by atoms with E-state index in [0.717, 1.165) is 0 Å². The summed E-state index contributed by atoms with van der Waals surface area (Å²) in [4.78, 5) is 0.175. The molecule has 0 bridgehead atoms. The van der Waals surface area contributed by atoms with Crippen LogP contribution >= 0.6 is 0 Å². The molecule has 0 spiro atoms. The van der Waals surface area contributed by atoms with Gasteiger partial charge in [0.15, 0.2) is 0 Å². The molecule has 0 saturated carbocycles. The monoisotopic (exact) mass is 232 g/mol. The van der Waals surface area contributed by atoms with Crippen molar-refractivity contribution in [3.63, 3.8) is 0 Å². The second kappa shape index (κ2) is 4.73. The van der Waals surface area contributed by atoms with Gasteiger partial charge in [-0.15, -0.1) is 0 Å². The number of nitrogens with two attached hydrogens (primary N) is 1. The Morgan fingerprint density at radius 1 is 1.67 bits per heavy atom. The maximum Gasteiger partial charge on any atom is 0.244 e. The molecule has 4 N–H and O–H groups in total. The van der Waals surface area contributed by atoms with Gasteiger partial charge in [0, 0.05) is 12.6 Å². The van der Waals surface area contributed by atoms with Crippen LogP contribution in [0.15, 0.2) is 11.1 Å². The molecule has 0 aliphatic carbocycles. The van der Waals surface area contributed by atoms with Crippen LogP contribution in [0, 0.1) is 6.92 Å². The van der Waals surface area contributed by atoms with Gasteiger partial charge in [0.05, 0.1) is 11.9 Å². The highest BCUT2D eigenvalue weighted by atomic mass is 32.2. The van der Waals surface area contributed by atoms with E-state index in [4.69, 9.17) is 5.73 Å². The summed E-state index contributed by atoms with van der Waals surface area (Å²) in [5.41, 5.74) is 5.95. The Morgan fingerprint density at radius 3 is 2.73 bits per heavy atom. The average molecular weight is 232 g/mol. The van der Waals surface area contributed by atoms with Crippen molar-refractivity contribution in [2.75, 3.05) is 6.54 Å². The molecular formula is C8H16N4O2S. The molecule has 0 amide bonds. The van der Waals surface area contributed by atoms with Crippen molar-refractivity contribution in [1.29, 1.82) is 0 Å². The molecule has 15 heavy (non-hydrogen) atoms. The fourth-order valence-electron chi connectivity index (χ4n) is 1.19. The molecule has 1 aromatic heterocycles. The summed E-state index contributed by atoms with van der Waals surface area (Å²) in [7, 11) is -3.49. The summed E-state index contributed by atoms with van der Waals surface area (Å²) in [5.74, 6) is 0. The molecular weight excluding hydrogens is 216 g/mol. The minimum absolute atomic E-state index is 0.175. The molecule has 1 heterocycles. The van der Waals surface area contributed by atoms with E-state index in [9.17, 15) is 8.42 Å². The van der Waals surface area contributed by atoms with Crippen molar-refractivity contribution in [2.45, 2.75) is 31.2 Å². The van der Waals surface area contributed by atoms with Crippen LogP contribution in [0.1, 0.15) is 19.0 Å². The summed E-state index contributed by atoms with van der Waals surface area (Å²) in [6.45, 7) is 3.82. The smallest absolute Gasteiger partial charge is 0.244 e. The molecule has 1 atom stereocenters. The number of H-pyrrole nitrogens is 1. The van der Waals surface area contributed by atoms with Crippen molar-refractivity contribution < 1.29 is 8.42 Å². The van der Waals surface area contributed by atoms with Gasteiger partial charge in [-0.25, -0.2) is 13.1 Å². The number of aromatic amines is 1. The quantitative estimate of drug-likeness (QED) is 0.650. The number of sulfonamides is 1. The number of hydrogen-bond acceptors (Lipinski definition) is 4. The van der Waals surface area contributed by atoms with E-state index < -0.39 is 10.0 Å². The maximum atomic E-state index is 11.8. The summed E-state index contributed by atoms with van der Waals surface area (Å²) >= 11 is 0. The standard InChI is InChI=1S/C8H16N4O2S/c1-3-7(4-9)12-15(13,14)8-5-10-11-6(8)2/h5,7,12H,3-4,9H2,1-2H3,(H,10,11). The minimum Gasteiger partial charge on any atom is -0.329 e. The fourth-order valence-corrected chi connectivity index (χ4v) is 2.66. The molecule has 0 aliphatic rings. The molecule has 1 rings (SSSR count). The zero-order chi connectivity index (χ0) is 11.5. The Bertz CT molecular complexity index is 408. The first-order valence-electron chi connectivity index (χ1n) is 4.73. The van der Waals surface area contributed by atoms with Crippen molar-refractivity contribution >= 4 is 10.0 Å². The van der Waals surface area contributed by atoms with Gasteiger partial charge >= 0.3 is 0 Å². The second-order valence-electron chi connectivity index (χ2n) is 3.32. The summed E-state index contributed by atoms with van der Waals surface area (Å²) < 4.78 is 26.2. The SMILES string of the molecule is CCC(CN)NS(=O)(=O)c1cn[nH]c1C. The van der Waals surface area contributed by atoms with Gasteiger partial charge in [-0.2, -0.15) is 5.10 Å². The average Bonchev–Trinajstić information content (AvgIpc) is 2.61. The topological polar surface area (TPSA) is 101 Å². The van der Waals surface area contributed by atoms with Crippen LogP contribution in [0.2, 0.25) is 0 Å². The Kier molecular flexibility index (Phi) is 3.83. The Labute approximate surface area is 89.3 Å². The lowest BCUT2D eigenvalue weighted by Gasteiger charge is -2.14. The normalized spacial score (nSPS) is 14.1. The van der Waals surface area contributed by atoms with Gasteiger partial charge in [-0.1, -0.05) is 6.92 Å². The third-order valence-corrected chi connectivity index (χ3v) is 3.81. The molecule has 1 aromatic rings. The van der Waals surface area contributed by atoms with Crippen LogP contribution in [0.4, 0.5) is 0 Å². The molecule has 7 heteroatoms. The van der Waals surface area contributed by atoms with E-state index in [1.807, 2.05) is 6.92 Å². The molecule has 0 saturated heterocycles. The first kappa shape index (κ1) is 12.2. The minimum atomic E-state index is -3.49. The Morgan fingerprint density at radius 2 is 2.33 bits per heavy atom. The third-order valence-electron chi connectivity index (χ3n) is 2.17. The molecule has 1 unspecified atom stereocenters. The number of rotatable bonds is 5. The predicted molar refractivity (Wildman–Crippen MR) is 56.8 cm³/mol. The molecule has 86 valence electrons. The van der Waals surface area contributed by atoms with E-state index in [1.165, 1.54) is 6.20 Å². The van der Waals surface area contributed by atoms with Gasteiger partial charge in [0.2, 0.25) is 10.0 Å². The summed E-state index contributed by atoms with van der Waals surface area (Å²) in [5, 5.41) is 6.26. The lowest BCUT2D eigenvalue weighted by Crippen LogP contribution is -2.39. The van der Waals surface area contributed by atoms with E-state index in [0.29, 0.717) is 12.1 Å². The number of aromatic nitrogens is 2. The van der Waals surface area contributed by atoms with Crippen LogP contribution in [0.25, 0.3) is 0 Å². The van der Waals surface area contributed by atoms with Gasteiger partial charge in [-0.3, -0.25) is 5.10 Å². The zero-order valence-corrected chi connectivity index (χ0v) is 9.63. The van der Waals surface area contributed by atoms with Crippen LogP contribution in [-0.2, 0) is 10.0 Å². The first-order valence-corrected chi connectivity index (χ1v) is 6.22. The number of nitrogens with one attached hydrogen (secondary N) is 2. The molecule has 0 aromatic carbocycles. The van der Waals surface area contributed by atoms with Crippen molar-refractivity contribution in [3.8, 4) is 0 Å². The second-order valence-corrected chi connectivity index (χ2v) is 5.00. The maximum absolute atomic E-state index is 11.8. The van der Waals surface area contributed by atoms with Crippen LogP contribution < -0.4 is 10.5 Å². The lowest BCUT2D eigenvalue weighted by molar-refractivity contribution is 0.542. The van der Waals surface area contributed by atoms with Crippen molar-refractivity contribution in [3.05, 3.63) is 11.9 Å². The van der Waals surface area contributed by atoms with E-state index >= 15 is 0 Å². The van der Waals surface area contributed by atoms with Gasteiger partial charge in [0.25, 0.3) is 0 Å². The van der Waals surface area contributed by atoms with Crippen molar-refractivity contribution in [2.24, 2.45) is 5.73 Å². The molecule has 6 nitrogen and oxygen atoms in total. The van der Waals surface area contributed by atoms with E-state index in [2.05, 4.69) is 14.9 Å². The number of aryl methyl sites for hydroxylation is 1. The molecule has 0 radical (unpaired) electrons. The predicted octanol–water partition coefficient (Wildman–Crippen LogP) is -0.266. The van der Waals surface area contributed by atoms with Crippen LogP contribution in [0.3, 0.4) is 0 Å². The third kappa shape index (κ3) is 2.77. The largest absolute Gasteiger partial charge is 0.329 e. The van der Waals surface area contributed by atoms with Crippen LogP contribution in [0.5, 0.6) is 0 Å². The molecule has 0 fully saturated rings. The lowest BCUT2D eigenvalue weighted by atomic mass is 10.2. The highest BCUT2D eigenvalue weighted by Gasteiger charge is 2.21. The highest BCUT2D eigenvalue weighted by Crippen LogP contribution is 2.11. The highest BCUT2D eigenvalue weighted by molar-refractivity contribution is 7.89. The first-order chi connectivity index (χ1) is 7.01. The number of nitrogens with zero attached hydrogens (tertiary/aromatic N) is 1. The Hall–Kier alpha value is -0.920. The van der Waals surface area contributed by atoms with Gasteiger partial charge in [0.1, 0.15) is 4.90 Å². The summed E-state index contributed by atoms with van der Waals surface area (Å²) in [6.07, 6.45) is 1.95. The van der Waals surface area contributed by atoms with Crippen molar-refractivity contribution in [1.82, 2.24) is 14.9 Å². The van der Waals surface area contributed by atoms with Gasteiger partial charge < -0.3 is 5.73 Å². The van der Waals surface area contributed by atoms with E-state index in [-0.39, 0.29) is 17.5 Å². The number of hydrogen-bond donors (Lipinski definition) is 3.